The van der Waals surface area contributed by atoms with Crippen LogP contribution >= 0.6 is 0 Å². The van der Waals surface area contributed by atoms with Crippen LogP contribution in [0.4, 0.5) is 0 Å². The van der Waals surface area contributed by atoms with Crippen LogP contribution in [0.15, 0.2) is 24.3 Å². The first-order valence-electron chi connectivity index (χ1n) is 6.26. The molecule has 0 bridgehead atoms. The first kappa shape index (κ1) is 10.3. The highest BCUT2D eigenvalue weighted by Crippen LogP contribution is 2.40. The summed E-state index contributed by atoms with van der Waals surface area (Å²) in [4.78, 5) is 0. The van der Waals surface area contributed by atoms with Gasteiger partial charge in [-0.25, -0.2) is 0 Å². The molecule has 0 atom stereocenters. The molecule has 0 saturated heterocycles. The average Bonchev–Trinajstić information content (AvgIpc) is 3.21. The summed E-state index contributed by atoms with van der Waals surface area (Å²) in [5.74, 6) is 0.842. The lowest BCUT2D eigenvalue weighted by Crippen LogP contribution is -2.34. The summed E-state index contributed by atoms with van der Waals surface area (Å²) in [5.41, 5.74) is 2.87. The van der Waals surface area contributed by atoms with Gasteiger partial charge in [-0.05, 0) is 42.7 Å². The first-order valence-corrected chi connectivity index (χ1v) is 6.26. The zero-order chi connectivity index (χ0) is 11.0. The summed E-state index contributed by atoms with van der Waals surface area (Å²) in [6, 6.07) is 8.95. The molecule has 16 heavy (non-hydrogen) atoms. The van der Waals surface area contributed by atoms with E-state index in [0.29, 0.717) is 0 Å². The Bertz CT molecular complexity index is 363. The van der Waals surface area contributed by atoms with Crippen LogP contribution in [0.1, 0.15) is 42.7 Å². The molecule has 0 aliphatic heterocycles. The van der Waals surface area contributed by atoms with Crippen LogP contribution in [0, 0.1) is 0 Å². The van der Waals surface area contributed by atoms with Crippen molar-refractivity contribution in [3.63, 3.8) is 0 Å². The number of rotatable bonds is 5. The highest BCUT2D eigenvalue weighted by molar-refractivity contribution is 5.28. The van der Waals surface area contributed by atoms with Crippen molar-refractivity contribution in [1.82, 2.24) is 5.32 Å². The SMILES string of the molecule is OCC1(NCc2ccc(C3CC3)cc2)CC1. The van der Waals surface area contributed by atoms with E-state index in [-0.39, 0.29) is 12.1 Å². The van der Waals surface area contributed by atoms with Gasteiger partial charge in [0.05, 0.1) is 6.61 Å². The molecular formula is C14H19NO. The van der Waals surface area contributed by atoms with Crippen LogP contribution in [0.25, 0.3) is 0 Å². The molecule has 2 N–H and O–H groups in total. The normalized spacial score (nSPS) is 22.1. The molecule has 1 aromatic carbocycles. The fourth-order valence-corrected chi connectivity index (χ4v) is 2.16. The van der Waals surface area contributed by atoms with Crippen molar-refractivity contribution in [3.8, 4) is 0 Å². The van der Waals surface area contributed by atoms with E-state index in [0.717, 1.165) is 25.3 Å². The Labute approximate surface area is 96.7 Å². The second kappa shape index (κ2) is 3.86. The molecule has 2 aliphatic rings. The Balaban J connectivity index is 1.57. The molecule has 0 radical (unpaired) electrons. The third-order valence-electron chi connectivity index (χ3n) is 3.85. The number of hydrogen-bond donors (Lipinski definition) is 2. The Morgan fingerprint density at radius 1 is 1.19 bits per heavy atom. The van der Waals surface area contributed by atoms with Crippen molar-refractivity contribution < 1.29 is 5.11 Å². The van der Waals surface area contributed by atoms with Crippen molar-refractivity contribution in [2.75, 3.05) is 6.61 Å². The number of aliphatic hydroxyl groups excluding tert-OH is 1. The van der Waals surface area contributed by atoms with E-state index in [4.69, 9.17) is 0 Å². The fraction of sp³-hybridized carbons (Fsp3) is 0.571. The molecule has 0 amide bonds. The van der Waals surface area contributed by atoms with Crippen LogP contribution in [0.3, 0.4) is 0 Å². The molecule has 2 fully saturated rings. The van der Waals surface area contributed by atoms with E-state index >= 15 is 0 Å². The largest absolute Gasteiger partial charge is 0.394 e. The predicted octanol–water partition coefficient (Wildman–Crippen LogP) is 2.18. The molecule has 2 aliphatic carbocycles. The van der Waals surface area contributed by atoms with Gasteiger partial charge in [0.2, 0.25) is 0 Å². The Hall–Kier alpha value is -0.860. The molecule has 0 aromatic heterocycles. The number of aliphatic hydroxyl groups is 1. The Kier molecular flexibility index (Phi) is 2.49. The van der Waals surface area contributed by atoms with Gasteiger partial charge in [0, 0.05) is 12.1 Å². The van der Waals surface area contributed by atoms with Crippen molar-refractivity contribution in [2.24, 2.45) is 0 Å². The van der Waals surface area contributed by atoms with Gasteiger partial charge in [-0.1, -0.05) is 24.3 Å². The zero-order valence-electron chi connectivity index (χ0n) is 9.58. The third-order valence-corrected chi connectivity index (χ3v) is 3.85. The molecule has 0 unspecified atom stereocenters. The highest BCUT2D eigenvalue weighted by atomic mass is 16.3. The molecule has 0 spiro atoms. The van der Waals surface area contributed by atoms with Crippen molar-refractivity contribution >= 4 is 0 Å². The van der Waals surface area contributed by atoms with Gasteiger partial charge in [0.25, 0.3) is 0 Å². The van der Waals surface area contributed by atoms with Crippen molar-refractivity contribution in [1.29, 1.82) is 0 Å². The lowest BCUT2D eigenvalue weighted by Gasteiger charge is -2.14. The lowest BCUT2D eigenvalue weighted by molar-refractivity contribution is 0.229. The maximum Gasteiger partial charge on any atom is 0.0613 e. The second-order valence-corrected chi connectivity index (χ2v) is 5.31. The number of nitrogens with one attached hydrogen (secondary N) is 1. The van der Waals surface area contributed by atoms with Crippen LogP contribution in [-0.2, 0) is 6.54 Å². The summed E-state index contributed by atoms with van der Waals surface area (Å²) >= 11 is 0. The van der Waals surface area contributed by atoms with Gasteiger partial charge in [-0.2, -0.15) is 0 Å². The van der Waals surface area contributed by atoms with E-state index in [1.54, 1.807) is 0 Å². The van der Waals surface area contributed by atoms with E-state index in [9.17, 15) is 5.11 Å². The van der Waals surface area contributed by atoms with Gasteiger partial charge in [0.1, 0.15) is 0 Å². The van der Waals surface area contributed by atoms with Crippen LogP contribution in [0.2, 0.25) is 0 Å². The molecule has 86 valence electrons. The summed E-state index contributed by atoms with van der Waals surface area (Å²) < 4.78 is 0. The van der Waals surface area contributed by atoms with E-state index in [1.165, 1.54) is 24.0 Å². The zero-order valence-corrected chi connectivity index (χ0v) is 9.58. The van der Waals surface area contributed by atoms with E-state index in [2.05, 4.69) is 29.6 Å². The Morgan fingerprint density at radius 2 is 1.88 bits per heavy atom. The Morgan fingerprint density at radius 3 is 2.38 bits per heavy atom. The molecule has 2 nitrogen and oxygen atoms in total. The molecule has 3 rings (SSSR count). The van der Waals surface area contributed by atoms with E-state index < -0.39 is 0 Å². The minimum absolute atomic E-state index is 0.0508. The fourth-order valence-electron chi connectivity index (χ4n) is 2.16. The number of benzene rings is 1. The van der Waals surface area contributed by atoms with Gasteiger partial charge in [-0.15, -0.1) is 0 Å². The van der Waals surface area contributed by atoms with E-state index in [1.807, 2.05) is 0 Å². The third kappa shape index (κ3) is 2.13. The van der Waals surface area contributed by atoms with Gasteiger partial charge in [0.15, 0.2) is 0 Å². The topological polar surface area (TPSA) is 32.3 Å². The average molecular weight is 217 g/mol. The quantitative estimate of drug-likeness (QED) is 0.792. The first-order chi connectivity index (χ1) is 7.81. The van der Waals surface area contributed by atoms with Gasteiger partial charge < -0.3 is 10.4 Å². The molecule has 1 aromatic rings. The van der Waals surface area contributed by atoms with Gasteiger partial charge in [-0.3, -0.25) is 0 Å². The second-order valence-electron chi connectivity index (χ2n) is 5.31. The summed E-state index contributed by atoms with van der Waals surface area (Å²) in [6.45, 7) is 1.15. The summed E-state index contributed by atoms with van der Waals surface area (Å²) in [6.07, 6.45) is 4.96. The standard InChI is InChI=1S/C14H19NO/c16-10-14(7-8-14)15-9-11-1-3-12(4-2-11)13-5-6-13/h1-4,13,15-16H,5-10H2. The monoisotopic (exact) mass is 217 g/mol. The van der Waals surface area contributed by atoms with Crippen LogP contribution in [0.5, 0.6) is 0 Å². The van der Waals surface area contributed by atoms with Crippen molar-refractivity contribution in [2.45, 2.75) is 43.7 Å². The highest BCUT2D eigenvalue weighted by Gasteiger charge is 2.41. The smallest absolute Gasteiger partial charge is 0.0613 e. The predicted molar refractivity (Wildman–Crippen MR) is 64.3 cm³/mol. The maximum absolute atomic E-state index is 9.20. The maximum atomic E-state index is 9.20. The summed E-state index contributed by atoms with van der Waals surface area (Å²) in [7, 11) is 0. The minimum Gasteiger partial charge on any atom is -0.394 e. The summed E-state index contributed by atoms with van der Waals surface area (Å²) in [5, 5.41) is 12.6. The van der Waals surface area contributed by atoms with Crippen LogP contribution in [-0.4, -0.2) is 17.3 Å². The van der Waals surface area contributed by atoms with Crippen LogP contribution < -0.4 is 5.32 Å². The molecular weight excluding hydrogens is 198 g/mol. The molecule has 0 heterocycles. The molecule has 2 saturated carbocycles. The minimum atomic E-state index is 0.0508. The van der Waals surface area contributed by atoms with Gasteiger partial charge >= 0.3 is 0 Å². The number of hydrogen-bond acceptors (Lipinski definition) is 2. The lowest BCUT2D eigenvalue weighted by atomic mass is 10.1. The molecule has 2 heteroatoms. The van der Waals surface area contributed by atoms with Crippen molar-refractivity contribution in [3.05, 3.63) is 35.4 Å².